The molecule has 1 amide bonds. The second-order valence-corrected chi connectivity index (χ2v) is 5.23. The highest BCUT2D eigenvalue weighted by Gasteiger charge is 2.35. The van der Waals surface area contributed by atoms with Gasteiger partial charge in [-0.3, -0.25) is 4.90 Å². The highest BCUT2D eigenvalue weighted by Crippen LogP contribution is 2.23. The first-order valence-corrected chi connectivity index (χ1v) is 6.78. The summed E-state index contributed by atoms with van der Waals surface area (Å²) in [5.74, 6) is -0.663. The number of carboxylic acid groups (broad SMARTS) is 1. The minimum Gasteiger partial charge on any atom is -0.480 e. The maximum absolute atomic E-state index is 12.1. The third-order valence-electron chi connectivity index (χ3n) is 3.54. The van der Waals surface area contributed by atoms with Crippen molar-refractivity contribution in [1.82, 2.24) is 4.90 Å². The molecule has 1 N–H and O–H groups in total. The molecule has 5 heteroatoms. The number of carboxylic acids is 1. The first-order chi connectivity index (χ1) is 9.58. The van der Waals surface area contributed by atoms with Crippen LogP contribution in [0.1, 0.15) is 25.3 Å². The van der Waals surface area contributed by atoms with Gasteiger partial charge in [0.1, 0.15) is 12.6 Å². The average Bonchev–Trinajstić information content (AvgIpc) is 2.45. The first-order valence-electron chi connectivity index (χ1n) is 6.78. The van der Waals surface area contributed by atoms with Gasteiger partial charge < -0.3 is 9.84 Å². The molecule has 1 aliphatic rings. The Morgan fingerprint density at radius 2 is 2.00 bits per heavy atom. The molecule has 108 valence electrons. The number of hydrogen-bond acceptors (Lipinski definition) is 3. The largest absolute Gasteiger partial charge is 0.480 e. The van der Waals surface area contributed by atoms with Crippen molar-refractivity contribution in [3.63, 3.8) is 0 Å². The van der Waals surface area contributed by atoms with E-state index in [9.17, 15) is 14.7 Å². The number of piperidine rings is 1. The van der Waals surface area contributed by atoms with Gasteiger partial charge in [0.15, 0.2) is 0 Å². The first kappa shape index (κ1) is 14.4. The van der Waals surface area contributed by atoms with Crippen LogP contribution in [0.5, 0.6) is 0 Å². The van der Waals surface area contributed by atoms with Crippen molar-refractivity contribution >= 4 is 12.1 Å². The summed E-state index contributed by atoms with van der Waals surface area (Å²) < 4.78 is 5.22. The lowest BCUT2D eigenvalue weighted by molar-refractivity contribution is -0.144. The minimum atomic E-state index is -0.964. The van der Waals surface area contributed by atoms with Gasteiger partial charge in [-0.15, -0.1) is 0 Å². The van der Waals surface area contributed by atoms with Gasteiger partial charge in [-0.2, -0.15) is 0 Å². The molecular weight excluding hydrogens is 258 g/mol. The van der Waals surface area contributed by atoms with Crippen molar-refractivity contribution in [2.45, 2.75) is 32.4 Å². The zero-order valence-electron chi connectivity index (χ0n) is 11.5. The van der Waals surface area contributed by atoms with Crippen LogP contribution < -0.4 is 0 Å². The number of carbonyl (C=O) groups is 2. The Balaban J connectivity index is 1.97. The van der Waals surface area contributed by atoms with E-state index in [1.807, 2.05) is 37.3 Å². The van der Waals surface area contributed by atoms with Crippen LogP contribution in [0.25, 0.3) is 0 Å². The van der Waals surface area contributed by atoms with E-state index >= 15 is 0 Å². The monoisotopic (exact) mass is 277 g/mol. The minimum absolute atomic E-state index is 0.164. The molecule has 0 aliphatic carbocycles. The zero-order valence-corrected chi connectivity index (χ0v) is 11.5. The Hall–Kier alpha value is -2.04. The highest BCUT2D eigenvalue weighted by atomic mass is 16.6. The van der Waals surface area contributed by atoms with E-state index in [1.165, 1.54) is 4.90 Å². The fraction of sp³-hybridized carbons (Fsp3) is 0.467. The number of nitrogens with zero attached hydrogens (tertiary/aromatic N) is 1. The quantitative estimate of drug-likeness (QED) is 0.921. The average molecular weight is 277 g/mol. The maximum Gasteiger partial charge on any atom is 0.410 e. The van der Waals surface area contributed by atoms with Crippen molar-refractivity contribution < 1.29 is 19.4 Å². The second kappa shape index (κ2) is 6.41. The molecule has 1 fully saturated rings. The number of hydrogen-bond donors (Lipinski definition) is 1. The summed E-state index contributed by atoms with van der Waals surface area (Å²) in [6.45, 7) is 2.61. The van der Waals surface area contributed by atoms with Crippen LogP contribution in [0.2, 0.25) is 0 Å². The molecule has 5 nitrogen and oxygen atoms in total. The summed E-state index contributed by atoms with van der Waals surface area (Å²) in [6.07, 6.45) is 0.754. The summed E-state index contributed by atoms with van der Waals surface area (Å²) >= 11 is 0. The number of rotatable bonds is 3. The smallest absolute Gasteiger partial charge is 0.410 e. The molecule has 1 heterocycles. The van der Waals surface area contributed by atoms with Crippen LogP contribution in [-0.2, 0) is 16.1 Å². The van der Waals surface area contributed by atoms with Gasteiger partial charge in [0.25, 0.3) is 0 Å². The van der Waals surface area contributed by atoms with Crippen LogP contribution in [-0.4, -0.2) is 34.7 Å². The van der Waals surface area contributed by atoms with Crippen molar-refractivity contribution in [3.8, 4) is 0 Å². The Bertz CT molecular complexity index is 474. The van der Waals surface area contributed by atoms with E-state index < -0.39 is 18.1 Å². The molecule has 1 saturated heterocycles. The number of benzene rings is 1. The fourth-order valence-electron chi connectivity index (χ4n) is 2.41. The third kappa shape index (κ3) is 3.50. The lowest BCUT2D eigenvalue weighted by atomic mass is 9.95. The van der Waals surface area contributed by atoms with E-state index in [2.05, 4.69) is 0 Å². The van der Waals surface area contributed by atoms with Crippen LogP contribution in [0, 0.1) is 5.92 Å². The molecule has 1 aromatic rings. The van der Waals surface area contributed by atoms with Crippen LogP contribution >= 0.6 is 0 Å². The molecule has 1 aliphatic heterocycles. The number of amides is 1. The van der Waals surface area contributed by atoms with Crippen LogP contribution in [0.4, 0.5) is 4.79 Å². The Morgan fingerprint density at radius 1 is 1.30 bits per heavy atom. The molecule has 0 bridgehead atoms. The summed E-state index contributed by atoms with van der Waals surface area (Å²) in [6, 6.07) is 8.58. The molecule has 20 heavy (non-hydrogen) atoms. The second-order valence-electron chi connectivity index (χ2n) is 5.23. The van der Waals surface area contributed by atoms with Gasteiger partial charge in [-0.05, 0) is 24.3 Å². The molecule has 0 aromatic heterocycles. The maximum atomic E-state index is 12.1. The lowest BCUT2D eigenvalue weighted by Crippen LogP contribution is -2.50. The molecule has 0 radical (unpaired) electrons. The van der Waals surface area contributed by atoms with Gasteiger partial charge in [-0.1, -0.05) is 37.3 Å². The van der Waals surface area contributed by atoms with E-state index in [1.54, 1.807) is 0 Å². The van der Waals surface area contributed by atoms with Gasteiger partial charge in [0.05, 0.1) is 0 Å². The van der Waals surface area contributed by atoms with Gasteiger partial charge >= 0.3 is 12.1 Å². The normalized spacial score (nSPS) is 22.4. The topological polar surface area (TPSA) is 66.8 Å². The van der Waals surface area contributed by atoms with E-state index in [0.717, 1.165) is 12.0 Å². The Kier molecular flexibility index (Phi) is 4.61. The van der Waals surface area contributed by atoms with Crippen molar-refractivity contribution in [1.29, 1.82) is 0 Å². The third-order valence-corrected chi connectivity index (χ3v) is 3.54. The van der Waals surface area contributed by atoms with Crippen LogP contribution in [0.15, 0.2) is 30.3 Å². The van der Waals surface area contributed by atoms with Gasteiger partial charge in [0.2, 0.25) is 0 Å². The number of aliphatic carboxylic acids is 1. The van der Waals surface area contributed by atoms with Crippen LogP contribution in [0.3, 0.4) is 0 Å². The number of likely N-dealkylation sites (tertiary alicyclic amines) is 1. The van der Waals surface area contributed by atoms with Crippen molar-refractivity contribution in [2.24, 2.45) is 5.92 Å². The molecular formula is C15H19NO4. The Labute approximate surface area is 118 Å². The van der Waals surface area contributed by atoms with Gasteiger partial charge in [0, 0.05) is 6.54 Å². The van der Waals surface area contributed by atoms with E-state index in [-0.39, 0.29) is 6.61 Å². The SMILES string of the molecule is CC1CCC(C(=O)O)N(C(=O)OCc2ccccc2)C1. The van der Waals surface area contributed by atoms with Crippen molar-refractivity contribution in [2.75, 3.05) is 6.54 Å². The number of carbonyl (C=O) groups excluding carboxylic acids is 1. The highest BCUT2D eigenvalue weighted by molar-refractivity contribution is 5.80. The van der Waals surface area contributed by atoms with E-state index in [4.69, 9.17) is 4.74 Å². The fourth-order valence-corrected chi connectivity index (χ4v) is 2.41. The van der Waals surface area contributed by atoms with Crippen molar-refractivity contribution in [3.05, 3.63) is 35.9 Å². The predicted octanol–water partition coefficient (Wildman–Crippen LogP) is 2.51. The zero-order chi connectivity index (χ0) is 14.5. The number of ether oxygens (including phenoxy) is 1. The standard InChI is InChI=1S/C15H19NO4/c1-11-7-8-13(14(17)18)16(9-11)15(19)20-10-12-5-3-2-4-6-12/h2-6,11,13H,7-10H2,1H3,(H,17,18). The Morgan fingerprint density at radius 3 is 2.65 bits per heavy atom. The summed E-state index contributed by atoms with van der Waals surface area (Å²) in [4.78, 5) is 24.6. The lowest BCUT2D eigenvalue weighted by Gasteiger charge is -2.35. The summed E-state index contributed by atoms with van der Waals surface area (Å²) in [7, 11) is 0. The van der Waals surface area contributed by atoms with E-state index in [0.29, 0.717) is 18.9 Å². The molecule has 2 atom stereocenters. The predicted molar refractivity (Wildman–Crippen MR) is 73.2 cm³/mol. The summed E-state index contributed by atoms with van der Waals surface area (Å²) in [5, 5.41) is 9.18. The molecule has 2 unspecified atom stereocenters. The molecule has 0 saturated carbocycles. The molecule has 2 rings (SSSR count). The van der Waals surface area contributed by atoms with Gasteiger partial charge in [-0.25, -0.2) is 9.59 Å². The molecule has 1 aromatic carbocycles. The summed E-state index contributed by atoms with van der Waals surface area (Å²) in [5.41, 5.74) is 0.887. The molecule has 0 spiro atoms.